The van der Waals surface area contributed by atoms with E-state index in [9.17, 15) is 9.59 Å². The predicted molar refractivity (Wildman–Crippen MR) is 67.9 cm³/mol. The molecule has 8 heteroatoms. The van der Waals surface area contributed by atoms with Crippen LogP contribution in [0.4, 0.5) is 0 Å². The Bertz CT molecular complexity index is 605. The van der Waals surface area contributed by atoms with Crippen LogP contribution in [0, 0.1) is 6.92 Å². The lowest BCUT2D eigenvalue weighted by Gasteiger charge is -2.01. The fourth-order valence-electron chi connectivity index (χ4n) is 1.49. The third-order valence-electron chi connectivity index (χ3n) is 2.38. The molecule has 100 valence electrons. The number of aryl methyl sites for hydroxylation is 1. The molecule has 2 aromatic heterocycles. The minimum Gasteiger partial charge on any atom is -0.480 e. The van der Waals surface area contributed by atoms with Crippen LogP contribution < -0.4 is 5.32 Å². The van der Waals surface area contributed by atoms with Crippen molar-refractivity contribution in [1.29, 1.82) is 0 Å². The molecule has 19 heavy (non-hydrogen) atoms. The molecule has 0 aliphatic carbocycles. The summed E-state index contributed by atoms with van der Waals surface area (Å²) in [6.45, 7) is 1.84. The van der Waals surface area contributed by atoms with Crippen molar-refractivity contribution >= 4 is 23.2 Å². The number of rotatable bonds is 5. The number of carboxylic acid groups (broad SMARTS) is 1. The Morgan fingerprint density at radius 3 is 2.95 bits per heavy atom. The van der Waals surface area contributed by atoms with Crippen molar-refractivity contribution in [2.24, 2.45) is 0 Å². The van der Waals surface area contributed by atoms with Crippen LogP contribution in [0.25, 0.3) is 0 Å². The Kier molecular flexibility index (Phi) is 3.91. The van der Waals surface area contributed by atoms with Gasteiger partial charge in [0.25, 0.3) is 5.91 Å². The molecule has 2 rings (SSSR count). The van der Waals surface area contributed by atoms with Crippen LogP contribution in [0.5, 0.6) is 0 Å². The summed E-state index contributed by atoms with van der Waals surface area (Å²) < 4.78 is 1.21. The van der Waals surface area contributed by atoms with Gasteiger partial charge in [0.2, 0.25) is 0 Å². The van der Waals surface area contributed by atoms with Crippen molar-refractivity contribution in [3.63, 3.8) is 0 Å². The van der Waals surface area contributed by atoms with Gasteiger partial charge >= 0.3 is 5.97 Å². The van der Waals surface area contributed by atoms with Gasteiger partial charge < -0.3 is 10.4 Å². The van der Waals surface area contributed by atoms with Crippen molar-refractivity contribution in [1.82, 2.24) is 20.3 Å². The number of nitrogens with zero attached hydrogens (tertiary/aromatic N) is 3. The van der Waals surface area contributed by atoms with E-state index in [2.05, 4.69) is 15.6 Å². The topological polar surface area (TPSA) is 97.1 Å². The molecule has 1 amide bonds. The molecule has 0 saturated carbocycles. The predicted octanol–water partition coefficient (Wildman–Crippen LogP) is 0.663. The van der Waals surface area contributed by atoms with Crippen LogP contribution in [0.15, 0.2) is 17.6 Å². The summed E-state index contributed by atoms with van der Waals surface area (Å²) in [5, 5.41) is 20.6. The average molecular weight is 280 g/mol. The SMILES string of the molecule is Cc1ccsc1C(=O)NCc1cn(CC(=O)O)nn1. The maximum atomic E-state index is 11.8. The lowest BCUT2D eigenvalue weighted by atomic mass is 10.3. The van der Waals surface area contributed by atoms with E-state index in [1.807, 2.05) is 18.4 Å². The minimum absolute atomic E-state index is 0.166. The molecule has 0 aromatic carbocycles. The summed E-state index contributed by atoms with van der Waals surface area (Å²) in [5.41, 5.74) is 1.45. The van der Waals surface area contributed by atoms with Gasteiger partial charge in [0.05, 0.1) is 17.6 Å². The van der Waals surface area contributed by atoms with Crippen molar-refractivity contribution in [2.45, 2.75) is 20.0 Å². The number of aliphatic carboxylic acids is 1. The van der Waals surface area contributed by atoms with E-state index in [1.54, 1.807) is 0 Å². The number of hydrogen-bond donors (Lipinski definition) is 2. The molecule has 2 N–H and O–H groups in total. The fraction of sp³-hybridized carbons (Fsp3) is 0.273. The fourth-order valence-corrected chi connectivity index (χ4v) is 2.33. The molecule has 2 heterocycles. The third kappa shape index (κ3) is 3.38. The van der Waals surface area contributed by atoms with Crippen LogP contribution in [-0.2, 0) is 17.9 Å². The van der Waals surface area contributed by atoms with Crippen LogP contribution in [0.1, 0.15) is 20.9 Å². The largest absolute Gasteiger partial charge is 0.480 e. The Labute approximate surface area is 112 Å². The van der Waals surface area contributed by atoms with Gasteiger partial charge in [-0.25, -0.2) is 4.68 Å². The lowest BCUT2D eigenvalue weighted by molar-refractivity contribution is -0.137. The van der Waals surface area contributed by atoms with E-state index in [0.29, 0.717) is 10.6 Å². The first-order chi connectivity index (χ1) is 9.06. The summed E-state index contributed by atoms with van der Waals surface area (Å²) >= 11 is 1.38. The first-order valence-electron chi connectivity index (χ1n) is 5.49. The molecule has 0 spiro atoms. The summed E-state index contributed by atoms with van der Waals surface area (Å²) in [7, 11) is 0. The maximum Gasteiger partial charge on any atom is 0.325 e. The van der Waals surface area contributed by atoms with Crippen LogP contribution in [0.2, 0.25) is 0 Å². The highest BCUT2D eigenvalue weighted by atomic mass is 32.1. The van der Waals surface area contributed by atoms with Gasteiger partial charge in [-0.2, -0.15) is 0 Å². The normalized spacial score (nSPS) is 10.4. The number of carbonyl (C=O) groups is 2. The van der Waals surface area contributed by atoms with Gasteiger partial charge in [-0.3, -0.25) is 9.59 Å². The van der Waals surface area contributed by atoms with E-state index in [-0.39, 0.29) is 19.0 Å². The van der Waals surface area contributed by atoms with Crippen LogP contribution in [-0.4, -0.2) is 32.0 Å². The van der Waals surface area contributed by atoms with Gasteiger partial charge in [-0.15, -0.1) is 16.4 Å². The third-order valence-corrected chi connectivity index (χ3v) is 3.40. The van der Waals surface area contributed by atoms with Gasteiger partial charge in [-0.05, 0) is 23.9 Å². The van der Waals surface area contributed by atoms with Gasteiger partial charge in [0.1, 0.15) is 12.2 Å². The number of amides is 1. The minimum atomic E-state index is -0.991. The van der Waals surface area contributed by atoms with E-state index < -0.39 is 5.97 Å². The highest BCUT2D eigenvalue weighted by molar-refractivity contribution is 7.12. The number of hydrogen-bond acceptors (Lipinski definition) is 5. The van der Waals surface area contributed by atoms with Gasteiger partial charge in [0, 0.05) is 0 Å². The molecular formula is C11H12N4O3S. The van der Waals surface area contributed by atoms with E-state index in [1.165, 1.54) is 22.2 Å². The second-order valence-corrected chi connectivity index (χ2v) is 4.83. The van der Waals surface area contributed by atoms with Gasteiger partial charge in [0.15, 0.2) is 0 Å². The Morgan fingerprint density at radius 1 is 1.53 bits per heavy atom. The van der Waals surface area contributed by atoms with Crippen LogP contribution in [0.3, 0.4) is 0 Å². The van der Waals surface area contributed by atoms with Crippen molar-refractivity contribution in [3.05, 3.63) is 33.8 Å². The molecule has 0 fully saturated rings. The average Bonchev–Trinajstić information content (AvgIpc) is 2.94. The number of aromatic nitrogens is 3. The highest BCUT2D eigenvalue weighted by Gasteiger charge is 2.11. The van der Waals surface area contributed by atoms with E-state index in [0.717, 1.165) is 5.56 Å². The smallest absolute Gasteiger partial charge is 0.325 e. The number of carboxylic acids is 1. The van der Waals surface area contributed by atoms with Crippen molar-refractivity contribution in [3.8, 4) is 0 Å². The lowest BCUT2D eigenvalue weighted by Crippen LogP contribution is -2.22. The first kappa shape index (κ1) is 13.2. The first-order valence-corrected chi connectivity index (χ1v) is 6.37. The van der Waals surface area contributed by atoms with E-state index in [4.69, 9.17) is 5.11 Å². The molecule has 0 unspecified atom stereocenters. The molecule has 0 atom stereocenters. The molecule has 2 aromatic rings. The summed E-state index contributed by atoms with van der Waals surface area (Å²) in [6.07, 6.45) is 1.50. The molecule has 0 saturated heterocycles. The zero-order valence-electron chi connectivity index (χ0n) is 10.2. The molecule has 0 aliphatic heterocycles. The quantitative estimate of drug-likeness (QED) is 0.838. The number of nitrogens with one attached hydrogen (secondary N) is 1. The monoisotopic (exact) mass is 280 g/mol. The second kappa shape index (κ2) is 5.61. The zero-order chi connectivity index (χ0) is 13.8. The zero-order valence-corrected chi connectivity index (χ0v) is 11.0. The summed E-state index contributed by atoms with van der Waals surface area (Å²) in [6, 6.07) is 1.88. The highest BCUT2D eigenvalue weighted by Crippen LogP contribution is 2.15. The van der Waals surface area contributed by atoms with Crippen molar-refractivity contribution < 1.29 is 14.7 Å². The maximum absolute atomic E-state index is 11.8. The molecule has 0 radical (unpaired) electrons. The molecule has 0 aliphatic rings. The Morgan fingerprint density at radius 2 is 2.32 bits per heavy atom. The Balaban J connectivity index is 1.92. The number of carbonyl (C=O) groups excluding carboxylic acids is 1. The standard InChI is InChI=1S/C11H12N4O3S/c1-7-2-3-19-10(7)11(18)12-4-8-5-15(14-13-8)6-9(16)17/h2-3,5H,4,6H2,1H3,(H,12,18)(H,16,17). The number of thiophene rings is 1. The van der Waals surface area contributed by atoms with Gasteiger partial charge in [-0.1, -0.05) is 5.21 Å². The second-order valence-electron chi connectivity index (χ2n) is 3.92. The summed E-state index contributed by atoms with van der Waals surface area (Å²) in [5.74, 6) is -1.16. The van der Waals surface area contributed by atoms with Crippen LogP contribution >= 0.6 is 11.3 Å². The summed E-state index contributed by atoms with van der Waals surface area (Å²) in [4.78, 5) is 23.0. The molecule has 7 nitrogen and oxygen atoms in total. The molecule has 0 bridgehead atoms. The Hall–Kier alpha value is -2.22. The molecular weight excluding hydrogens is 268 g/mol. The van der Waals surface area contributed by atoms with E-state index >= 15 is 0 Å². The van der Waals surface area contributed by atoms with Crippen molar-refractivity contribution in [2.75, 3.05) is 0 Å².